The molecule has 0 fully saturated rings. The topological polar surface area (TPSA) is 36.5 Å². The van der Waals surface area contributed by atoms with E-state index in [1.54, 1.807) is 0 Å². The molecule has 0 unspecified atom stereocenters. The lowest BCUT2D eigenvalue weighted by molar-refractivity contribution is 0.477. The molecule has 0 aromatic heterocycles. The molecule has 3 heterocycles. The van der Waals surface area contributed by atoms with Crippen LogP contribution < -0.4 is 20.3 Å². The van der Waals surface area contributed by atoms with Crippen LogP contribution in [0.25, 0.3) is 0 Å². The van der Waals surface area contributed by atoms with E-state index in [-0.39, 0.29) is 0 Å². The summed E-state index contributed by atoms with van der Waals surface area (Å²) < 4.78 is 6.13. The van der Waals surface area contributed by atoms with Crippen molar-refractivity contribution in [2.75, 3.05) is 15.5 Å². The van der Waals surface area contributed by atoms with Gasteiger partial charge in [0.05, 0.1) is 28.4 Å². The molecule has 3 aromatic rings. The monoisotopic (exact) mass is 285 g/mol. The van der Waals surface area contributed by atoms with Gasteiger partial charge in [-0.2, -0.15) is 0 Å². The number of hydrogen-bond donors (Lipinski definition) is 2. The average molecular weight is 285 g/mol. The fourth-order valence-corrected chi connectivity index (χ4v) is 3.60. The molecule has 4 nitrogen and oxygen atoms in total. The standard InChI is InChI=1S/C18H11N3O/c1-4-10-16-11(5-1)20-13-7-3-9-15-18(13)21(16)17-12(19-10)6-2-8-14(17)22-15/h1-9,19-20H. The molecule has 3 aliphatic rings. The third-order valence-corrected chi connectivity index (χ3v) is 4.46. The molecule has 0 aliphatic carbocycles. The van der Waals surface area contributed by atoms with Gasteiger partial charge < -0.3 is 15.4 Å². The maximum absolute atomic E-state index is 6.13. The van der Waals surface area contributed by atoms with E-state index in [1.807, 2.05) is 24.3 Å². The van der Waals surface area contributed by atoms with Gasteiger partial charge in [-0.05, 0) is 36.4 Å². The normalized spacial score (nSPS) is 14.5. The van der Waals surface area contributed by atoms with E-state index in [9.17, 15) is 0 Å². The van der Waals surface area contributed by atoms with Crippen LogP contribution in [0.3, 0.4) is 0 Å². The van der Waals surface area contributed by atoms with Gasteiger partial charge in [0.2, 0.25) is 0 Å². The quantitative estimate of drug-likeness (QED) is 0.393. The Balaban J connectivity index is 1.80. The van der Waals surface area contributed by atoms with E-state index in [1.165, 1.54) is 0 Å². The predicted molar refractivity (Wildman–Crippen MR) is 87.8 cm³/mol. The summed E-state index contributed by atoms with van der Waals surface area (Å²) in [6, 6.07) is 18.6. The van der Waals surface area contributed by atoms with Crippen molar-refractivity contribution in [3.05, 3.63) is 54.6 Å². The van der Waals surface area contributed by atoms with Crippen LogP contribution in [0.15, 0.2) is 54.6 Å². The van der Waals surface area contributed by atoms with E-state index in [2.05, 4.69) is 45.9 Å². The summed E-state index contributed by atoms with van der Waals surface area (Å²) in [7, 11) is 0. The first kappa shape index (κ1) is 10.6. The number of ether oxygens (including phenoxy) is 1. The Morgan fingerprint density at radius 1 is 0.591 bits per heavy atom. The van der Waals surface area contributed by atoms with E-state index in [0.29, 0.717) is 0 Å². The number of anilines is 7. The van der Waals surface area contributed by atoms with Gasteiger partial charge in [-0.3, -0.25) is 4.90 Å². The number of benzene rings is 3. The molecule has 22 heavy (non-hydrogen) atoms. The molecule has 0 saturated carbocycles. The summed E-state index contributed by atoms with van der Waals surface area (Å²) in [5, 5.41) is 7.04. The predicted octanol–water partition coefficient (Wildman–Crippen LogP) is 5.38. The molecule has 0 amide bonds. The maximum Gasteiger partial charge on any atom is 0.153 e. The largest absolute Gasteiger partial charge is 0.453 e. The molecule has 4 heteroatoms. The van der Waals surface area contributed by atoms with Crippen molar-refractivity contribution < 1.29 is 4.74 Å². The number of nitrogens with one attached hydrogen (secondary N) is 2. The van der Waals surface area contributed by atoms with E-state index in [4.69, 9.17) is 4.74 Å². The summed E-state index contributed by atoms with van der Waals surface area (Å²) in [5.41, 5.74) is 7.70. The third-order valence-electron chi connectivity index (χ3n) is 4.46. The molecular formula is C18H11N3O. The van der Waals surface area contributed by atoms with E-state index >= 15 is 0 Å². The first-order valence-electron chi connectivity index (χ1n) is 7.31. The fraction of sp³-hybridized carbons (Fsp3) is 0. The van der Waals surface area contributed by atoms with Crippen molar-refractivity contribution >= 4 is 39.8 Å². The van der Waals surface area contributed by atoms with Crippen LogP contribution in [-0.2, 0) is 0 Å². The first-order valence-corrected chi connectivity index (χ1v) is 7.31. The van der Waals surface area contributed by atoms with Crippen molar-refractivity contribution in [2.45, 2.75) is 0 Å². The van der Waals surface area contributed by atoms with Crippen LogP contribution >= 0.6 is 0 Å². The summed E-state index contributed by atoms with van der Waals surface area (Å²) in [4.78, 5) is 2.32. The lowest BCUT2D eigenvalue weighted by Crippen LogP contribution is -2.26. The minimum Gasteiger partial charge on any atom is -0.453 e. The molecule has 3 aliphatic heterocycles. The van der Waals surface area contributed by atoms with E-state index in [0.717, 1.165) is 51.3 Å². The van der Waals surface area contributed by atoms with Gasteiger partial charge in [0.25, 0.3) is 0 Å². The van der Waals surface area contributed by atoms with Crippen molar-refractivity contribution in [3.8, 4) is 11.5 Å². The second-order valence-electron chi connectivity index (χ2n) is 5.69. The summed E-state index contributed by atoms with van der Waals surface area (Å²) in [6.07, 6.45) is 0. The van der Waals surface area contributed by atoms with Crippen LogP contribution in [0.2, 0.25) is 0 Å². The van der Waals surface area contributed by atoms with Crippen molar-refractivity contribution in [1.29, 1.82) is 0 Å². The van der Waals surface area contributed by atoms with Gasteiger partial charge in [0.15, 0.2) is 11.5 Å². The Kier molecular flexibility index (Phi) is 1.61. The highest BCUT2D eigenvalue weighted by Gasteiger charge is 2.38. The van der Waals surface area contributed by atoms with Crippen molar-refractivity contribution in [3.63, 3.8) is 0 Å². The molecule has 0 saturated heterocycles. The first-order chi connectivity index (χ1) is 10.9. The number of nitrogens with zero attached hydrogens (tertiary/aromatic N) is 1. The zero-order valence-corrected chi connectivity index (χ0v) is 11.6. The summed E-state index contributed by atoms with van der Waals surface area (Å²) in [6.45, 7) is 0. The highest BCUT2D eigenvalue weighted by Crippen LogP contribution is 2.63. The van der Waals surface area contributed by atoms with Gasteiger partial charge in [-0.1, -0.05) is 18.2 Å². The zero-order chi connectivity index (χ0) is 14.3. The molecule has 0 atom stereocenters. The molecule has 2 N–H and O–H groups in total. The van der Waals surface area contributed by atoms with Crippen LogP contribution in [0, 0.1) is 0 Å². The Morgan fingerprint density at radius 2 is 1.05 bits per heavy atom. The minimum atomic E-state index is 0.886. The fourth-order valence-electron chi connectivity index (χ4n) is 3.60. The van der Waals surface area contributed by atoms with E-state index < -0.39 is 0 Å². The third kappa shape index (κ3) is 1.07. The second-order valence-corrected chi connectivity index (χ2v) is 5.69. The molecule has 0 radical (unpaired) electrons. The van der Waals surface area contributed by atoms with Crippen molar-refractivity contribution in [1.82, 2.24) is 0 Å². The Labute approximate surface area is 127 Å². The lowest BCUT2D eigenvalue weighted by atomic mass is 10.0. The van der Waals surface area contributed by atoms with Crippen LogP contribution in [0.5, 0.6) is 11.5 Å². The smallest absolute Gasteiger partial charge is 0.153 e. The number of rotatable bonds is 0. The molecule has 0 bridgehead atoms. The van der Waals surface area contributed by atoms with Crippen molar-refractivity contribution in [2.24, 2.45) is 0 Å². The van der Waals surface area contributed by atoms with Gasteiger partial charge >= 0.3 is 0 Å². The highest BCUT2D eigenvalue weighted by atomic mass is 16.5. The number of hydrogen-bond acceptors (Lipinski definition) is 4. The summed E-state index contributed by atoms with van der Waals surface area (Å²) in [5.74, 6) is 1.77. The lowest BCUT2D eigenvalue weighted by Gasteiger charge is -2.43. The average Bonchev–Trinajstić information content (AvgIpc) is 2.55. The minimum absolute atomic E-state index is 0.886. The Hall–Kier alpha value is -3.14. The zero-order valence-electron chi connectivity index (χ0n) is 11.6. The molecule has 6 rings (SSSR count). The van der Waals surface area contributed by atoms with Gasteiger partial charge in [0, 0.05) is 0 Å². The van der Waals surface area contributed by atoms with Crippen LogP contribution in [0.4, 0.5) is 39.8 Å². The Morgan fingerprint density at radius 3 is 1.59 bits per heavy atom. The Bertz CT molecular complexity index is 792. The van der Waals surface area contributed by atoms with Crippen LogP contribution in [-0.4, -0.2) is 0 Å². The molecular weight excluding hydrogens is 274 g/mol. The van der Waals surface area contributed by atoms with Crippen LogP contribution in [0.1, 0.15) is 0 Å². The molecule has 104 valence electrons. The van der Waals surface area contributed by atoms with Gasteiger partial charge in [0.1, 0.15) is 11.4 Å². The SMILES string of the molecule is c1cc2c3c(c1)Nc1cccc4c1N3c1c(cccc1O4)N2. The number of para-hydroxylation sites is 3. The molecule has 3 aromatic carbocycles. The second kappa shape index (κ2) is 3.36. The molecule has 0 spiro atoms. The highest BCUT2D eigenvalue weighted by molar-refractivity contribution is 6.11. The maximum atomic E-state index is 6.13. The van der Waals surface area contributed by atoms with Gasteiger partial charge in [-0.25, -0.2) is 0 Å². The summed E-state index contributed by atoms with van der Waals surface area (Å²) >= 11 is 0. The van der Waals surface area contributed by atoms with Gasteiger partial charge in [-0.15, -0.1) is 0 Å².